The molecule has 0 rings (SSSR count). The summed E-state index contributed by atoms with van der Waals surface area (Å²) in [6.07, 6.45) is 6.23. The second-order valence-corrected chi connectivity index (χ2v) is 2.83. The van der Waals surface area contributed by atoms with E-state index in [0.717, 1.165) is 6.42 Å². The molecule has 10 heavy (non-hydrogen) atoms. The predicted molar refractivity (Wildman–Crippen MR) is 43.4 cm³/mol. The standard InChI is InChI=1S/C8H18N2/c1-3-4-5-6-7-8(2)10-9/h8-9H,3-7H2,1-2H3. The Kier molecular flexibility index (Phi) is 6.45. The first-order valence-electron chi connectivity index (χ1n) is 4.17. The van der Waals surface area contributed by atoms with Crippen LogP contribution >= 0.6 is 0 Å². The molecule has 1 N–H and O–H groups in total. The van der Waals surface area contributed by atoms with Crippen LogP contribution in [0.3, 0.4) is 0 Å². The van der Waals surface area contributed by atoms with Crippen molar-refractivity contribution in [1.82, 2.24) is 0 Å². The summed E-state index contributed by atoms with van der Waals surface area (Å²) in [6, 6.07) is 0.247. The Labute approximate surface area is 63.5 Å². The lowest BCUT2D eigenvalue weighted by atomic mass is 10.1. The fraction of sp³-hybridized carbons (Fsp3) is 1.00. The zero-order chi connectivity index (χ0) is 7.82. The molecule has 0 radical (unpaired) electrons. The monoisotopic (exact) mass is 142 g/mol. The molecular formula is C8H18N2. The van der Waals surface area contributed by atoms with Gasteiger partial charge >= 0.3 is 0 Å². The minimum atomic E-state index is 0.247. The minimum Gasteiger partial charge on any atom is -0.210 e. The lowest BCUT2D eigenvalue weighted by molar-refractivity contribution is 0.555. The maximum absolute atomic E-state index is 6.71. The molecule has 60 valence electrons. The van der Waals surface area contributed by atoms with Gasteiger partial charge in [0.25, 0.3) is 0 Å². The van der Waals surface area contributed by atoms with Crippen LogP contribution in [0.25, 0.3) is 0 Å². The van der Waals surface area contributed by atoms with Crippen molar-refractivity contribution in [2.45, 2.75) is 52.0 Å². The Morgan fingerprint density at radius 1 is 1.30 bits per heavy atom. The highest BCUT2D eigenvalue weighted by molar-refractivity contribution is 4.54. The Hall–Kier alpha value is -0.400. The predicted octanol–water partition coefficient (Wildman–Crippen LogP) is 3.38. The van der Waals surface area contributed by atoms with E-state index in [4.69, 9.17) is 5.53 Å². The number of unbranched alkanes of at least 4 members (excludes halogenated alkanes) is 3. The molecule has 2 heteroatoms. The first kappa shape index (κ1) is 9.60. The van der Waals surface area contributed by atoms with Crippen molar-refractivity contribution in [3.05, 3.63) is 0 Å². The molecule has 1 unspecified atom stereocenters. The maximum Gasteiger partial charge on any atom is 0.0677 e. The van der Waals surface area contributed by atoms with Crippen molar-refractivity contribution in [2.24, 2.45) is 5.11 Å². The van der Waals surface area contributed by atoms with Gasteiger partial charge in [0.15, 0.2) is 0 Å². The Morgan fingerprint density at radius 2 is 2.00 bits per heavy atom. The van der Waals surface area contributed by atoms with Gasteiger partial charge in [-0.15, -0.1) is 0 Å². The summed E-state index contributed by atoms with van der Waals surface area (Å²) < 4.78 is 0. The lowest BCUT2D eigenvalue weighted by Gasteiger charge is -2.01. The van der Waals surface area contributed by atoms with Crippen molar-refractivity contribution in [3.63, 3.8) is 0 Å². The zero-order valence-corrected chi connectivity index (χ0v) is 7.06. The molecule has 0 saturated heterocycles. The molecule has 0 aliphatic carbocycles. The van der Waals surface area contributed by atoms with Gasteiger partial charge in [-0.25, -0.2) is 5.53 Å². The van der Waals surface area contributed by atoms with Gasteiger partial charge in [-0.2, -0.15) is 5.11 Å². The Balaban J connectivity index is 2.95. The normalized spacial score (nSPS) is 13.0. The van der Waals surface area contributed by atoms with E-state index in [9.17, 15) is 0 Å². The Bertz CT molecular complexity index is 81.3. The van der Waals surface area contributed by atoms with E-state index in [1.807, 2.05) is 6.92 Å². The van der Waals surface area contributed by atoms with Crippen LogP contribution in [-0.4, -0.2) is 6.04 Å². The fourth-order valence-corrected chi connectivity index (χ4v) is 0.931. The second-order valence-electron chi connectivity index (χ2n) is 2.83. The topological polar surface area (TPSA) is 36.2 Å². The second kappa shape index (κ2) is 6.72. The number of hydrogen-bond acceptors (Lipinski definition) is 2. The molecule has 0 aromatic rings. The largest absolute Gasteiger partial charge is 0.210 e. The SMILES string of the molecule is CCCCCCC(C)N=N. The molecule has 0 aromatic heterocycles. The van der Waals surface area contributed by atoms with Gasteiger partial charge < -0.3 is 0 Å². The highest BCUT2D eigenvalue weighted by atomic mass is 15.0. The molecule has 0 heterocycles. The third-order valence-electron chi connectivity index (χ3n) is 1.70. The molecule has 2 nitrogen and oxygen atoms in total. The van der Waals surface area contributed by atoms with Crippen LogP contribution in [0.2, 0.25) is 0 Å². The van der Waals surface area contributed by atoms with Crippen molar-refractivity contribution < 1.29 is 0 Å². The highest BCUT2D eigenvalue weighted by Gasteiger charge is 1.96. The molecular weight excluding hydrogens is 124 g/mol. The van der Waals surface area contributed by atoms with E-state index < -0.39 is 0 Å². The third-order valence-corrected chi connectivity index (χ3v) is 1.70. The van der Waals surface area contributed by atoms with Crippen molar-refractivity contribution in [2.75, 3.05) is 0 Å². The van der Waals surface area contributed by atoms with Gasteiger partial charge in [0.2, 0.25) is 0 Å². The molecule has 0 aromatic carbocycles. The van der Waals surface area contributed by atoms with Crippen LogP contribution in [0.1, 0.15) is 46.0 Å². The summed E-state index contributed by atoms with van der Waals surface area (Å²) in [4.78, 5) is 0. The van der Waals surface area contributed by atoms with Crippen LogP contribution in [0.5, 0.6) is 0 Å². The van der Waals surface area contributed by atoms with Gasteiger partial charge in [-0.1, -0.05) is 32.6 Å². The quantitative estimate of drug-likeness (QED) is 0.436. The summed E-state index contributed by atoms with van der Waals surface area (Å²) in [5.74, 6) is 0. The summed E-state index contributed by atoms with van der Waals surface area (Å²) in [7, 11) is 0. The van der Waals surface area contributed by atoms with Crippen molar-refractivity contribution >= 4 is 0 Å². The van der Waals surface area contributed by atoms with Gasteiger partial charge in [0.05, 0.1) is 6.04 Å². The van der Waals surface area contributed by atoms with E-state index in [-0.39, 0.29) is 6.04 Å². The molecule has 0 amide bonds. The zero-order valence-electron chi connectivity index (χ0n) is 7.06. The number of rotatable bonds is 6. The molecule has 1 atom stereocenters. The summed E-state index contributed by atoms with van der Waals surface area (Å²) in [5.41, 5.74) is 6.71. The average Bonchev–Trinajstić information content (AvgIpc) is 1.98. The molecule has 0 aliphatic rings. The summed E-state index contributed by atoms with van der Waals surface area (Å²) in [6.45, 7) is 4.21. The van der Waals surface area contributed by atoms with E-state index >= 15 is 0 Å². The smallest absolute Gasteiger partial charge is 0.0677 e. The van der Waals surface area contributed by atoms with Crippen LogP contribution in [-0.2, 0) is 0 Å². The van der Waals surface area contributed by atoms with E-state index in [2.05, 4.69) is 12.0 Å². The number of nitrogens with zero attached hydrogens (tertiary/aromatic N) is 1. The molecule has 0 aliphatic heterocycles. The van der Waals surface area contributed by atoms with Crippen molar-refractivity contribution in [3.8, 4) is 0 Å². The van der Waals surface area contributed by atoms with Crippen LogP contribution in [0.4, 0.5) is 0 Å². The van der Waals surface area contributed by atoms with Gasteiger partial charge in [-0.3, -0.25) is 0 Å². The minimum absolute atomic E-state index is 0.247. The third kappa shape index (κ3) is 5.73. The lowest BCUT2D eigenvalue weighted by Crippen LogP contribution is -1.95. The molecule has 0 saturated carbocycles. The van der Waals surface area contributed by atoms with Crippen LogP contribution in [0.15, 0.2) is 5.11 Å². The molecule has 0 bridgehead atoms. The van der Waals surface area contributed by atoms with Gasteiger partial charge in [-0.05, 0) is 13.3 Å². The van der Waals surface area contributed by atoms with Gasteiger partial charge in [0, 0.05) is 0 Å². The first-order valence-corrected chi connectivity index (χ1v) is 4.17. The van der Waals surface area contributed by atoms with Crippen LogP contribution in [0, 0.1) is 5.53 Å². The Morgan fingerprint density at radius 3 is 2.50 bits per heavy atom. The summed E-state index contributed by atoms with van der Waals surface area (Å²) >= 11 is 0. The first-order chi connectivity index (χ1) is 4.81. The number of hydrogen-bond donors (Lipinski definition) is 1. The van der Waals surface area contributed by atoms with E-state index in [0.29, 0.717) is 0 Å². The van der Waals surface area contributed by atoms with E-state index in [1.165, 1.54) is 25.7 Å². The highest BCUT2D eigenvalue weighted by Crippen LogP contribution is 2.06. The number of nitrogens with one attached hydrogen (secondary N) is 1. The van der Waals surface area contributed by atoms with Gasteiger partial charge in [0.1, 0.15) is 0 Å². The van der Waals surface area contributed by atoms with Crippen LogP contribution < -0.4 is 0 Å². The van der Waals surface area contributed by atoms with Crippen molar-refractivity contribution in [1.29, 1.82) is 5.53 Å². The molecule has 0 spiro atoms. The summed E-state index contributed by atoms with van der Waals surface area (Å²) in [5, 5.41) is 3.44. The average molecular weight is 142 g/mol. The maximum atomic E-state index is 6.71. The van der Waals surface area contributed by atoms with E-state index in [1.54, 1.807) is 0 Å². The fourth-order valence-electron chi connectivity index (χ4n) is 0.931. The molecule has 0 fully saturated rings.